The van der Waals surface area contributed by atoms with Crippen LogP contribution < -0.4 is 15.4 Å². The molecule has 1 aromatic heterocycles. The molecule has 1 heterocycles. The maximum absolute atomic E-state index is 12.9. The van der Waals surface area contributed by atoms with Crippen molar-refractivity contribution < 1.29 is 13.9 Å². The van der Waals surface area contributed by atoms with Gasteiger partial charge in [-0.1, -0.05) is 12.1 Å². The molecule has 0 aliphatic heterocycles. The second kappa shape index (κ2) is 8.94. The number of aromatic nitrogens is 2. The highest BCUT2D eigenvalue weighted by atomic mass is 19.1. The minimum absolute atomic E-state index is 0.277. The fourth-order valence-corrected chi connectivity index (χ4v) is 2.63. The largest absolute Gasteiger partial charge is 0.497 e. The number of methoxy groups -OCH3 is 1. The van der Waals surface area contributed by atoms with Crippen LogP contribution in [0.4, 0.5) is 15.9 Å². The van der Waals surface area contributed by atoms with Gasteiger partial charge in [-0.25, -0.2) is 14.4 Å². The maximum Gasteiger partial charge on any atom is 0.270 e. The number of nitrogens with one attached hydrogen (secondary N) is 2. The van der Waals surface area contributed by atoms with E-state index in [4.69, 9.17) is 4.74 Å². The zero-order valence-electron chi connectivity index (χ0n) is 15.7. The van der Waals surface area contributed by atoms with Crippen LogP contribution in [0.2, 0.25) is 0 Å². The molecule has 0 atom stereocenters. The number of amides is 1. The number of carbonyl (C=O) groups is 1. The van der Waals surface area contributed by atoms with Crippen LogP contribution in [0.3, 0.4) is 0 Å². The van der Waals surface area contributed by atoms with Gasteiger partial charge in [0.15, 0.2) is 0 Å². The molecule has 0 spiro atoms. The lowest BCUT2D eigenvalue weighted by Gasteiger charge is -2.10. The molecule has 7 heteroatoms. The lowest BCUT2D eigenvalue weighted by atomic mass is 10.1. The lowest BCUT2D eigenvalue weighted by Crippen LogP contribution is -2.27. The van der Waals surface area contributed by atoms with Crippen LogP contribution >= 0.6 is 0 Å². The Balaban J connectivity index is 1.62. The number of carbonyl (C=O) groups excluding carboxylic acids is 1. The molecule has 3 aromatic rings. The first kappa shape index (κ1) is 19.3. The Morgan fingerprint density at radius 1 is 1.07 bits per heavy atom. The summed E-state index contributed by atoms with van der Waals surface area (Å²) in [5, 5.41) is 5.98. The van der Waals surface area contributed by atoms with Crippen LogP contribution in [-0.4, -0.2) is 29.5 Å². The Morgan fingerprint density at radius 2 is 1.79 bits per heavy atom. The van der Waals surface area contributed by atoms with Crippen molar-refractivity contribution in [3.8, 4) is 5.75 Å². The van der Waals surface area contributed by atoms with Crippen molar-refractivity contribution in [3.05, 3.63) is 77.5 Å². The number of hydrogen-bond donors (Lipinski definition) is 2. The van der Waals surface area contributed by atoms with Gasteiger partial charge in [-0.15, -0.1) is 0 Å². The normalized spacial score (nSPS) is 10.4. The first-order valence-electron chi connectivity index (χ1n) is 8.83. The quantitative estimate of drug-likeness (QED) is 0.654. The molecule has 28 heavy (non-hydrogen) atoms. The van der Waals surface area contributed by atoms with Crippen molar-refractivity contribution >= 4 is 17.4 Å². The summed E-state index contributed by atoms with van der Waals surface area (Å²) in [4.78, 5) is 21.0. The number of benzene rings is 2. The number of hydrogen-bond acceptors (Lipinski definition) is 5. The summed E-state index contributed by atoms with van der Waals surface area (Å²) in [6, 6.07) is 15.2. The minimum atomic E-state index is -0.287. The number of aryl methyl sites for hydroxylation is 1. The second-order valence-corrected chi connectivity index (χ2v) is 6.17. The van der Waals surface area contributed by atoms with E-state index in [9.17, 15) is 9.18 Å². The first-order valence-corrected chi connectivity index (χ1v) is 8.83. The van der Waals surface area contributed by atoms with Gasteiger partial charge in [0.25, 0.3) is 5.91 Å². The molecule has 0 fully saturated rings. The van der Waals surface area contributed by atoms with Gasteiger partial charge < -0.3 is 15.4 Å². The van der Waals surface area contributed by atoms with Crippen molar-refractivity contribution in [3.63, 3.8) is 0 Å². The van der Waals surface area contributed by atoms with Crippen LogP contribution in [0.15, 0.2) is 54.6 Å². The summed E-state index contributed by atoms with van der Waals surface area (Å²) in [7, 11) is 1.61. The monoisotopic (exact) mass is 380 g/mol. The minimum Gasteiger partial charge on any atom is -0.497 e. The summed E-state index contributed by atoms with van der Waals surface area (Å²) in [6.45, 7) is 2.16. The molecule has 6 nitrogen and oxygen atoms in total. The number of rotatable bonds is 7. The third-order valence-electron chi connectivity index (χ3n) is 4.05. The molecule has 144 valence electrons. The third kappa shape index (κ3) is 5.26. The van der Waals surface area contributed by atoms with E-state index in [-0.39, 0.29) is 17.4 Å². The Labute approximate surface area is 162 Å². The van der Waals surface area contributed by atoms with Gasteiger partial charge in [-0.05, 0) is 55.3 Å². The molecule has 2 N–H and O–H groups in total. The Bertz CT molecular complexity index is 944. The van der Waals surface area contributed by atoms with E-state index in [1.54, 1.807) is 32.2 Å². The van der Waals surface area contributed by atoms with Crippen molar-refractivity contribution in [2.45, 2.75) is 13.3 Å². The average molecular weight is 380 g/mol. The zero-order chi connectivity index (χ0) is 19.9. The highest BCUT2D eigenvalue weighted by Crippen LogP contribution is 2.19. The van der Waals surface area contributed by atoms with Gasteiger partial charge in [-0.3, -0.25) is 4.79 Å². The lowest BCUT2D eigenvalue weighted by molar-refractivity contribution is 0.0949. The Hall–Kier alpha value is -3.48. The highest BCUT2D eigenvalue weighted by molar-refractivity contribution is 5.93. The van der Waals surface area contributed by atoms with E-state index in [1.807, 2.05) is 24.3 Å². The van der Waals surface area contributed by atoms with Gasteiger partial charge in [0.05, 0.1) is 7.11 Å². The van der Waals surface area contributed by atoms with Gasteiger partial charge >= 0.3 is 0 Å². The molecule has 3 rings (SSSR count). The fraction of sp³-hybridized carbons (Fsp3) is 0.190. The summed E-state index contributed by atoms with van der Waals surface area (Å²) >= 11 is 0. The Morgan fingerprint density at radius 3 is 2.46 bits per heavy atom. The van der Waals surface area contributed by atoms with Gasteiger partial charge in [0.1, 0.15) is 28.9 Å². The molecule has 0 radical (unpaired) electrons. The van der Waals surface area contributed by atoms with Crippen LogP contribution in [0, 0.1) is 12.7 Å². The molecule has 0 saturated heterocycles. The third-order valence-corrected chi connectivity index (χ3v) is 4.05. The number of nitrogens with zero attached hydrogens (tertiary/aromatic N) is 2. The average Bonchev–Trinajstić information content (AvgIpc) is 2.69. The van der Waals surface area contributed by atoms with E-state index in [2.05, 4.69) is 20.6 Å². The fourth-order valence-electron chi connectivity index (χ4n) is 2.63. The molecular formula is C21H21FN4O2. The summed E-state index contributed by atoms with van der Waals surface area (Å²) < 4.78 is 18.1. The number of halogens is 1. The smallest absolute Gasteiger partial charge is 0.270 e. The van der Waals surface area contributed by atoms with Gasteiger partial charge in [0, 0.05) is 18.3 Å². The predicted molar refractivity (Wildman–Crippen MR) is 105 cm³/mol. The molecule has 0 bridgehead atoms. The summed E-state index contributed by atoms with van der Waals surface area (Å²) in [5.74, 6) is 1.21. The standard InChI is InChI=1S/C21H21FN4O2/c1-14-24-19(21(27)23-12-11-15-3-5-16(22)6-4-15)13-20(25-14)26-17-7-9-18(28-2)10-8-17/h3-10,13H,11-12H2,1-2H3,(H,23,27)(H,24,25,26). The Kier molecular flexibility index (Phi) is 6.16. The SMILES string of the molecule is COc1ccc(Nc2cc(C(=O)NCCc3ccc(F)cc3)nc(C)n2)cc1. The first-order chi connectivity index (χ1) is 13.5. The van der Waals surface area contributed by atoms with E-state index in [0.717, 1.165) is 17.0 Å². The van der Waals surface area contributed by atoms with Gasteiger partial charge in [-0.2, -0.15) is 0 Å². The predicted octanol–water partition coefficient (Wildman–Crippen LogP) is 3.65. The van der Waals surface area contributed by atoms with Crippen LogP contribution in [0.25, 0.3) is 0 Å². The second-order valence-electron chi connectivity index (χ2n) is 6.17. The van der Waals surface area contributed by atoms with E-state index >= 15 is 0 Å². The molecule has 0 aliphatic rings. The molecule has 0 saturated carbocycles. The number of ether oxygens (including phenoxy) is 1. The van der Waals surface area contributed by atoms with E-state index < -0.39 is 0 Å². The van der Waals surface area contributed by atoms with Crippen molar-refractivity contribution in [1.29, 1.82) is 0 Å². The van der Waals surface area contributed by atoms with Crippen LogP contribution in [0.1, 0.15) is 21.9 Å². The maximum atomic E-state index is 12.9. The topological polar surface area (TPSA) is 76.1 Å². The van der Waals surface area contributed by atoms with E-state index in [1.165, 1.54) is 12.1 Å². The van der Waals surface area contributed by atoms with Crippen LogP contribution in [0.5, 0.6) is 5.75 Å². The van der Waals surface area contributed by atoms with Crippen LogP contribution in [-0.2, 0) is 6.42 Å². The molecule has 1 amide bonds. The van der Waals surface area contributed by atoms with Crippen molar-refractivity contribution in [2.75, 3.05) is 19.0 Å². The van der Waals surface area contributed by atoms with Crippen molar-refractivity contribution in [2.24, 2.45) is 0 Å². The summed E-state index contributed by atoms with van der Waals surface area (Å²) in [6.07, 6.45) is 0.604. The molecule has 0 unspecified atom stereocenters. The highest BCUT2D eigenvalue weighted by Gasteiger charge is 2.10. The zero-order valence-corrected chi connectivity index (χ0v) is 15.7. The molecular weight excluding hydrogens is 359 g/mol. The van der Waals surface area contributed by atoms with Gasteiger partial charge in [0.2, 0.25) is 0 Å². The molecule has 0 aliphatic carbocycles. The summed E-state index contributed by atoms with van der Waals surface area (Å²) in [5.41, 5.74) is 2.05. The van der Waals surface area contributed by atoms with E-state index in [0.29, 0.717) is 24.6 Å². The number of anilines is 2. The molecule has 2 aromatic carbocycles. The van der Waals surface area contributed by atoms with Crippen molar-refractivity contribution in [1.82, 2.24) is 15.3 Å².